The molecule has 2 amide bonds. The Hall–Kier alpha value is -4.76. The van der Waals surface area contributed by atoms with Crippen LogP contribution < -0.4 is 14.7 Å². The maximum atomic E-state index is 13.8. The predicted octanol–water partition coefficient (Wildman–Crippen LogP) is 4.00. The molecule has 2 saturated heterocycles. The van der Waals surface area contributed by atoms with Crippen LogP contribution in [0.5, 0.6) is 5.75 Å². The number of aromatic nitrogens is 2. The van der Waals surface area contributed by atoms with Crippen LogP contribution in [-0.4, -0.2) is 33.7 Å². The molecule has 2 aliphatic heterocycles. The first kappa shape index (κ1) is 23.6. The number of imide groups is 1. The molecule has 4 aromatic rings. The van der Waals surface area contributed by atoms with Crippen molar-refractivity contribution < 1.29 is 24.0 Å². The molecular weight excluding hydrogens is 484 g/mol. The van der Waals surface area contributed by atoms with Crippen LogP contribution in [0, 0.1) is 12.8 Å². The zero-order valence-electron chi connectivity index (χ0n) is 20.7. The Morgan fingerprint density at radius 1 is 0.895 bits per heavy atom. The Balaban J connectivity index is 1.34. The molecule has 0 aliphatic carbocycles. The molecule has 190 valence electrons. The molecule has 6 rings (SSSR count). The first-order valence-corrected chi connectivity index (χ1v) is 12.2. The van der Waals surface area contributed by atoms with E-state index in [0.29, 0.717) is 17.1 Å². The van der Waals surface area contributed by atoms with Gasteiger partial charge >= 0.3 is 5.97 Å². The number of hydrogen-bond acceptors (Lipinski definition) is 7. The van der Waals surface area contributed by atoms with E-state index in [1.807, 2.05) is 49.4 Å². The van der Waals surface area contributed by atoms with Gasteiger partial charge in [0.1, 0.15) is 17.4 Å². The fourth-order valence-corrected chi connectivity index (χ4v) is 5.07. The van der Waals surface area contributed by atoms with E-state index < -0.39 is 24.0 Å². The topological polar surface area (TPSA) is 94.0 Å². The van der Waals surface area contributed by atoms with E-state index in [9.17, 15) is 14.4 Å². The van der Waals surface area contributed by atoms with E-state index in [1.165, 1.54) is 15.8 Å². The van der Waals surface area contributed by atoms with Gasteiger partial charge in [-0.3, -0.25) is 19.1 Å². The Morgan fingerprint density at radius 3 is 2.29 bits per heavy atom. The van der Waals surface area contributed by atoms with Crippen LogP contribution in [0.3, 0.4) is 0 Å². The molecule has 9 heteroatoms. The minimum absolute atomic E-state index is 0.315. The number of anilines is 2. The van der Waals surface area contributed by atoms with Crippen molar-refractivity contribution in [1.29, 1.82) is 0 Å². The van der Waals surface area contributed by atoms with Gasteiger partial charge in [0.05, 0.1) is 17.4 Å². The highest BCUT2D eigenvalue weighted by Crippen LogP contribution is 2.48. The highest BCUT2D eigenvalue weighted by Gasteiger charge is 2.60. The number of benzene rings is 3. The molecule has 3 heterocycles. The highest BCUT2D eigenvalue weighted by atomic mass is 16.7. The van der Waals surface area contributed by atoms with Crippen LogP contribution in [0.15, 0.2) is 91.1 Å². The van der Waals surface area contributed by atoms with Gasteiger partial charge in [-0.1, -0.05) is 48.5 Å². The van der Waals surface area contributed by atoms with Crippen LogP contribution in [0.2, 0.25) is 0 Å². The van der Waals surface area contributed by atoms with Crippen LogP contribution >= 0.6 is 0 Å². The van der Waals surface area contributed by atoms with Crippen molar-refractivity contribution in [3.8, 4) is 5.75 Å². The molecule has 9 nitrogen and oxygen atoms in total. The van der Waals surface area contributed by atoms with E-state index >= 15 is 0 Å². The number of para-hydroxylation sites is 2. The fraction of sp³-hybridized carbons (Fsp3) is 0.172. The predicted molar refractivity (Wildman–Crippen MR) is 138 cm³/mol. The smallest absolute Gasteiger partial charge is 0.361 e. The minimum Gasteiger partial charge on any atom is -0.422 e. The van der Waals surface area contributed by atoms with Gasteiger partial charge in [-0.2, -0.15) is 5.10 Å². The maximum Gasteiger partial charge on any atom is 0.361 e. The molecule has 0 unspecified atom stereocenters. The normalized spacial score (nSPS) is 20.6. The van der Waals surface area contributed by atoms with Gasteiger partial charge in [0.2, 0.25) is 5.91 Å². The molecule has 0 spiro atoms. The quantitative estimate of drug-likeness (QED) is 0.229. The van der Waals surface area contributed by atoms with Gasteiger partial charge in [-0.15, -0.1) is 0 Å². The van der Waals surface area contributed by atoms with Crippen LogP contribution in [0.25, 0.3) is 0 Å². The number of hydrogen-bond donors (Lipinski definition) is 0. The standard InChI is InChI=1S/C29H24N4O5/c1-18-8-6-7-11-22(18)32-27(34)24-25(33(38-26(24)28(32)35)20-9-4-3-5-10-20)19-12-14-21(15-13-19)37-29(36)23-16-17-30-31(23)2/h3-17,24-26H,1-2H3/t24-,25+,26+/m0/s1. The third-order valence-corrected chi connectivity index (χ3v) is 6.94. The third-order valence-electron chi connectivity index (χ3n) is 6.94. The molecule has 0 saturated carbocycles. The molecule has 2 fully saturated rings. The van der Waals surface area contributed by atoms with Crippen LogP contribution in [0.1, 0.15) is 27.7 Å². The molecular formula is C29H24N4O5. The van der Waals surface area contributed by atoms with E-state index in [4.69, 9.17) is 9.57 Å². The molecule has 0 radical (unpaired) electrons. The molecule has 1 aromatic heterocycles. The number of ether oxygens (including phenoxy) is 1. The summed E-state index contributed by atoms with van der Waals surface area (Å²) in [6.45, 7) is 1.87. The second kappa shape index (κ2) is 9.28. The second-order valence-corrected chi connectivity index (χ2v) is 9.25. The van der Waals surface area contributed by atoms with Gasteiger partial charge in [-0.25, -0.2) is 14.8 Å². The number of esters is 1. The first-order valence-electron chi connectivity index (χ1n) is 12.2. The lowest BCUT2D eigenvalue weighted by Crippen LogP contribution is -2.37. The van der Waals surface area contributed by atoms with Crippen LogP contribution in [-0.2, 0) is 21.5 Å². The summed E-state index contributed by atoms with van der Waals surface area (Å²) in [7, 11) is 1.66. The lowest BCUT2D eigenvalue weighted by molar-refractivity contribution is -0.126. The van der Waals surface area contributed by atoms with Crippen molar-refractivity contribution in [3.05, 3.63) is 108 Å². The number of rotatable bonds is 5. The summed E-state index contributed by atoms with van der Waals surface area (Å²) in [4.78, 5) is 47.3. The number of amides is 2. The van der Waals surface area contributed by atoms with Crippen molar-refractivity contribution in [2.24, 2.45) is 13.0 Å². The largest absolute Gasteiger partial charge is 0.422 e. The SMILES string of the molecule is Cc1ccccc1N1C(=O)[C@H]2[C@@H](c3ccc(OC(=O)c4ccnn4C)cc3)N(c3ccccc3)O[C@H]2C1=O. The lowest BCUT2D eigenvalue weighted by Gasteiger charge is -2.29. The number of aryl methyl sites for hydroxylation is 2. The van der Waals surface area contributed by atoms with E-state index in [-0.39, 0.29) is 11.8 Å². The minimum atomic E-state index is -0.963. The second-order valence-electron chi connectivity index (χ2n) is 9.25. The number of carbonyl (C=O) groups is 3. The lowest BCUT2D eigenvalue weighted by atomic mass is 9.90. The van der Waals surface area contributed by atoms with Crippen molar-refractivity contribution in [2.45, 2.75) is 19.1 Å². The summed E-state index contributed by atoms with van der Waals surface area (Å²) in [6, 6.07) is 24.6. The molecule has 38 heavy (non-hydrogen) atoms. The summed E-state index contributed by atoms with van der Waals surface area (Å²) >= 11 is 0. The van der Waals surface area contributed by atoms with Gasteiger partial charge in [0.15, 0.2) is 6.10 Å². The summed E-state index contributed by atoms with van der Waals surface area (Å²) in [5, 5.41) is 5.63. The van der Waals surface area contributed by atoms with E-state index in [2.05, 4.69) is 5.10 Å². The van der Waals surface area contributed by atoms with Gasteiger partial charge in [-0.05, 0) is 54.4 Å². The van der Waals surface area contributed by atoms with Crippen molar-refractivity contribution in [2.75, 3.05) is 9.96 Å². The Morgan fingerprint density at radius 2 is 1.61 bits per heavy atom. The Kier molecular flexibility index (Phi) is 5.77. The van der Waals surface area contributed by atoms with Gasteiger partial charge in [0.25, 0.3) is 5.91 Å². The molecule has 0 N–H and O–H groups in total. The third kappa shape index (κ3) is 3.84. The summed E-state index contributed by atoms with van der Waals surface area (Å²) in [5.74, 6) is -1.65. The van der Waals surface area contributed by atoms with Crippen LogP contribution in [0.4, 0.5) is 11.4 Å². The first-order chi connectivity index (χ1) is 18.4. The monoisotopic (exact) mass is 508 g/mol. The number of fused-ring (bicyclic) bond motifs is 1. The van der Waals surface area contributed by atoms with E-state index in [1.54, 1.807) is 54.6 Å². The zero-order chi connectivity index (χ0) is 26.4. The average molecular weight is 509 g/mol. The molecule has 3 aromatic carbocycles. The number of hydroxylamine groups is 1. The fourth-order valence-electron chi connectivity index (χ4n) is 5.07. The molecule has 0 bridgehead atoms. The molecule has 2 aliphatic rings. The maximum absolute atomic E-state index is 13.8. The number of nitrogens with zero attached hydrogens (tertiary/aromatic N) is 4. The highest BCUT2D eigenvalue weighted by molar-refractivity contribution is 6.24. The van der Waals surface area contributed by atoms with Crippen molar-refractivity contribution >= 4 is 29.2 Å². The Labute approximate surface area is 218 Å². The summed E-state index contributed by atoms with van der Waals surface area (Å²) < 4.78 is 6.95. The molecule has 3 atom stereocenters. The van der Waals surface area contributed by atoms with Crippen molar-refractivity contribution in [3.63, 3.8) is 0 Å². The summed E-state index contributed by atoms with van der Waals surface area (Å²) in [6.07, 6.45) is 0.559. The summed E-state index contributed by atoms with van der Waals surface area (Å²) in [5.41, 5.74) is 3.17. The Bertz CT molecular complexity index is 1530. The number of carbonyl (C=O) groups excluding carboxylic acids is 3. The van der Waals surface area contributed by atoms with Crippen molar-refractivity contribution in [1.82, 2.24) is 9.78 Å². The van der Waals surface area contributed by atoms with Gasteiger partial charge < -0.3 is 4.74 Å². The zero-order valence-corrected chi connectivity index (χ0v) is 20.7. The van der Waals surface area contributed by atoms with E-state index in [0.717, 1.165) is 16.8 Å². The van der Waals surface area contributed by atoms with Gasteiger partial charge in [0, 0.05) is 13.2 Å². The average Bonchev–Trinajstić information content (AvgIpc) is 3.60.